The summed E-state index contributed by atoms with van der Waals surface area (Å²) in [5.74, 6) is -1.40. The molecule has 0 aromatic heterocycles. The molecule has 1 aliphatic heterocycles. The van der Waals surface area contributed by atoms with Crippen LogP contribution in [-0.2, 0) is 20.7 Å². The Morgan fingerprint density at radius 3 is 2.91 bits per heavy atom. The van der Waals surface area contributed by atoms with Gasteiger partial charge in [0.2, 0.25) is 5.91 Å². The van der Waals surface area contributed by atoms with E-state index < -0.39 is 11.9 Å². The van der Waals surface area contributed by atoms with Gasteiger partial charge in [0.1, 0.15) is 0 Å². The molecule has 3 rings (SSSR count). The Kier molecular flexibility index (Phi) is 4.43. The van der Waals surface area contributed by atoms with Gasteiger partial charge in [-0.1, -0.05) is 30.7 Å². The van der Waals surface area contributed by atoms with Crippen molar-refractivity contribution in [1.82, 2.24) is 5.32 Å². The van der Waals surface area contributed by atoms with Crippen LogP contribution in [0.1, 0.15) is 42.9 Å². The fourth-order valence-electron chi connectivity index (χ4n) is 3.51. The summed E-state index contributed by atoms with van der Waals surface area (Å²) >= 11 is 0. The van der Waals surface area contributed by atoms with Gasteiger partial charge >= 0.3 is 5.97 Å². The van der Waals surface area contributed by atoms with Crippen molar-refractivity contribution >= 4 is 11.9 Å². The summed E-state index contributed by atoms with van der Waals surface area (Å²) in [4.78, 5) is 23.4. The molecule has 1 unspecified atom stereocenters. The summed E-state index contributed by atoms with van der Waals surface area (Å²) < 4.78 is 5.74. The second-order valence-corrected chi connectivity index (χ2v) is 6.06. The van der Waals surface area contributed by atoms with E-state index in [1.54, 1.807) is 0 Å². The highest BCUT2D eigenvalue weighted by atomic mass is 16.5. The van der Waals surface area contributed by atoms with E-state index >= 15 is 0 Å². The lowest BCUT2D eigenvalue weighted by Gasteiger charge is -2.26. The number of carbonyl (C=O) groups is 2. The SMILES string of the molecule is O=C(CC1OCCc2ccccc21)N[C@H]1CCC[C@H]1C(=O)O. The zero-order valence-electron chi connectivity index (χ0n) is 12.5. The van der Waals surface area contributed by atoms with Gasteiger partial charge < -0.3 is 15.2 Å². The van der Waals surface area contributed by atoms with Crippen LogP contribution in [0.25, 0.3) is 0 Å². The molecule has 0 bridgehead atoms. The Bertz CT molecular complexity index is 572. The van der Waals surface area contributed by atoms with Gasteiger partial charge in [-0.05, 0) is 30.4 Å². The van der Waals surface area contributed by atoms with Crippen molar-refractivity contribution in [2.45, 2.75) is 44.2 Å². The molecule has 1 fully saturated rings. The molecule has 1 amide bonds. The molecule has 22 heavy (non-hydrogen) atoms. The Morgan fingerprint density at radius 1 is 1.27 bits per heavy atom. The Balaban J connectivity index is 1.62. The average Bonchev–Trinajstić information content (AvgIpc) is 2.96. The minimum absolute atomic E-state index is 0.125. The molecule has 5 nitrogen and oxygen atoms in total. The smallest absolute Gasteiger partial charge is 0.308 e. The predicted octanol–water partition coefficient (Wildman–Crippen LogP) is 2.06. The molecule has 118 valence electrons. The standard InChI is InChI=1S/C17H21NO4/c19-16(18-14-7-3-6-13(14)17(20)21)10-15-12-5-2-1-4-11(12)8-9-22-15/h1-2,4-5,13-15H,3,6-10H2,(H,18,19)(H,20,21)/t13-,14+,15?/m1/s1. The number of fused-ring (bicyclic) bond motifs is 1. The molecule has 0 saturated heterocycles. The van der Waals surface area contributed by atoms with Crippen molar-refractivity contribution < 1.29 is 19.4 Å². The predicted molar refractivity (Wildman–Crippen MR) is 80.4 cm³/mol. The molecule has 1 aliphatic carbocycles. The Morgan fingerprint density at radius 2 is 2.09 bits per heavy atom. The maximum Gasteiger partial charge on any atom is 0.308 e. The van der Waals surface area contributed by atoms with Gasteiger partial charge in [-0.3, -0.25) is 9.59 Å². The van der Waals surface area contributed by atoms with Gasteiger partial charge in [0.05, 0.1) is 25.0 Å². The number of carboxylic acids is 1. The van der Waals surface area contributed by atoms with E-state index in [1.807, 2.05) is 18.2 Å². The van der Waals surface area contributed by atoms with Gasteiger partial charge in [-0.15, -0.1) is 0 Å². The fraction of sp³-hybridized carbons (Fsp3) is 0.529. The number of benzene rings is 1. The number of hydrogen-bond donors (Lipinski definition) is 2. The van der Waals surface area contributed by atoms with Crippen molar-refractivity contribution in [2.24, 2.45) is 5.92 Å². The van der Waals surface area contributed by atoms with Crippen LogP contribution in [0.15, 0.2) is 24.3 Å². The fourth-order valence-corrected chi connectivity index (χ4v) is 3.51. The third-order valence-electron chi connectivity index (χ3n) is 4.64. The third kappa shape index (κ3) is 3.14. The summed E-state index contributed by atoms with van der Waals surface area (Å²) in [6.07, 6.45) is 3.13. The van der Waals surface area contributed by atoms with Gasteiger partial charge in [-0.25, -0.2) is 0 Å². The number of carbonyl (C=O) groups excluding carboxylic acids is 1. The zero-order valence-corrected chi connectivity index (χ0v) is 12.5. The average molecular weight is 303 g/mol. The lowest BCUT2D eigenvalue weighted by atomic mass is 9.95. The first-order chi connectivity index (χ1) is 10.6. The molecule has 0 radical (unpaired) electrons. The molecular formula is C17H21NO4. The lowest BCUT2D eigenvalue weighted by Crippen LogP contribution is -2.41. The second-order valence-electron chi connectivity index (χ2n) is 6.06. The molecule has 2 N–H and O–H groups in total. The van der Waals surface area contributed by atoms with E-state index in [9.17, 15) is 14.7 Å². The van der Waals surface area contributed by atoms with E-state index in [4.69, 9.17) is 4.74 Å². The van der Waals surface area contributed by atoms with Crippen molar-refractivity contribution in [3.63, 3.8) is 0 Å². The molecule has 2 aliphatic rings. The minimum atomic E-state index is -0.818. The molecule has 1 saturated carbocycles. The number of ether oxygens (including phenoxy) is 1. The second kappa shape index (κ2) is 6.48. The van der Waals surface area contributed by atoms with Gasteiger partial charge in [0.15, 0.2) is 0 Å². The number of nitrogens with one attached hydrogen (secondary N) is 1. The first-order valence-corrected chi connectivity index (χ1v) is 7.86. The Labute approximate surface area is 129 Å². The van der Waals surface area contributed by atoms with Crippen molar-refractivity contribution in [3.05, 3.63) is 35.4 Å². The topological polar surface area (TPSA) is 75.6 Å². The number of aliphatic carboxylic acids is 1. The third-order valence-corrected chi connectivity index (χ3v) is 4.64. The molecule has 1 aromatic rings. The summed E-state index contributed by atoms with van der Waals surface area (Å²) in [5.41, 5.74) is 2.31. The molecule has 0 spiro atoms. The van der Waals surface area contributed by atoms with Crippen LogP contribution in [0.5, 0.6) is 0 Å². The summed E-state index contributed by atoms with van der Waals surface area (Å²) in [5, 5.41) is 12.1. The molecule has 1 aromatic carbocycles. The van der Waals surface area contributed by atoms with Crippen LogP contribution in [0, 0.1) is 5.92 Å². The molecule has 3 atom stereocenters. The van der Waals surface area contributed by atoms with E-state index in [0.29, 0.717) is 13.0 Å². The minimum Gasteiger partial charge on any atom is -0.481 e. The largest absolute Gasteiger partial charge is 0.481 e. The molecule has 1 heterocycles. The first-order valence-electron chi connectivity index (χ1n) is 7.86. The van der Waals surface area contributed by atoms with Crippen LogP contribution in [0.3, 0.4) is 0 Å². The maximum atomic E-state index is 12.3. The highest BCUT2D eigenvalue weighted by Crippen LogP contribution is 2.30. The number of hydrogen-bond acceptors (Lipinski definition) is 3. The number of carboxylic acid groups (broad SMARTS) is 1. The van der Waals surface area contributed by atoms with Crippen molar-refractivity contribution in [3.8, 4) is 0 Å². The highest BCUT2D eigenvalue weighted by molar-refractivity contribution is 5.79. The Hall–Kier alpha value is -1.88. The van der Waals surface area contributed by atoms with E-state index in [-0.39, 0.29) is 24.5 Å². The van der Waals surface area contributed by atoms with Crippen molar-refractivity contribution in [2.75, 3.05) is 6.61 Å². The van der Waals surface area contributed by atoms with E-state index in [2.05, 4.69) is 11.4 Å². The quantitative estimate of drug-likeness (QED) is 0.892. The highest BCUT2D eigenvalue weighted by Gasteiger charge is 2.34. The monoisotopic (exact) mass is 303 g/mol. The van der Waals surface area contributed by atoms with Crippen LogP contribution >= 0.6 is 0 Å². The summed E-state index contributed by atoms with van der Waals surface area (Å²) in [6, 6.07) is 7.78. The zero-order chi connectivity index (χ0) is 15.5. The van der Waals surface area contributed by atoms with E-state index in [1.165, 1.54) is 5.56 Å². The lowest BCUT2D eigenvalue weighted by molar-refractivity contribution is -0.142. The van der Waals surface area contributed by atoms with Crippen LogP contribution < -0.4 is 5.32 Å². The van der Waals surface area contributed by atoms with Gasteiger partial charge in [0, 0.05) is 6.04 Å². The normalized spacial score (nSPS) is 27.2. The van der Waals surface area contributed by atoms with Crippen molar-refractivity contribution in [1.29, 1.82) is 0 Å². The summed E-state index contributed by atoms with van der Waals surface area (Å²) in [7, 11) is 0. The first kappa shape index (κ1) is 15.0. The molecular weight excluding hydrogens is 282 g/mol. The van der Waals surface area contributed by atoms with Crippen LogP contribution in [0.2, 0.25) is 0 Å². The van der Waals surface area contributed by atoms with E-state index in [0.717, 1.165) is 24.8 Å². The van der Waals surface area contributed by atoms with Crippen LogP contribution in [0.4, 0.5) is 0 Å². The number of rotatable bonds is 4. The van der Waals surface area contributed by atoms with Gasteiger partial charge in [-0.2, -0.15) is 0 Å². The summed E-state index contributed by atoms with van der Waals surface area (Å²) in [6.45, 7) is 0.621. The molecule has 5 heteroatoms. The van der Waals surface area contributed by atoms with Gasteiger partial charge in [0.25, 0.3) is 0 Å². The van der Waals surface area contributed by atoms with Crippen LogP contribution in [-0.4, -0.2) is 29.6 Å². The maximum absolute atomic E-state index is 12.3. The number of amides is 1.